The average molecular weight is 701 g/mol. The molecule has 0 aliphatic carbocycles. The Morgan fingerprint density at radius 2 is 0.936 bits per heavy atom. The summed E-state index contributed by atoms with van der Waals surface area (Å²) in [5, 5.41) is 63.1. The van der Waals surface area contributed by atoms with Gasteiger partial charge in [0.05, 0.1) is 51.3 Å². The van der Waals surface area contributed by atoms with E-state index in [9.17, 15) is 39.0 Å². The number of aliphatic carboxylic acids is 4. The monoisotopic (exact) mass is 700 g/mol. The summed E-state index contributed by atoms with van der Waals surface area (Å²) in [6.07, 6.45) is 11.6. The second-order valence-corrected chi connectivity index (χ2v) is 10.8. The van der Waals surface area contributed by atoms with Gasteiger partial charge in [0.25, 0.3) is 0 Å². The molecular formula is C30H52CaN4O12+2. The number of aliphatic hydroxyl groups is 2. The zero-order chi connectivity index (χ0) is 35.4. The summed E-state index contributed by atoms with van der Waals surface area (Å²) in [5.74, 6) is -5.57. The molecule has 0 aromatic rings. The van der Waals surface area contributed by atoms with Crippen molar-refractivity contribution in [2.24, 2.45) is 0 Å². The van der Waals surface area contributed by atoms with Crippen LogP contribution in [0, 0.1) is 0 Å². The van der Waals surface area contributed by atoms with Crippen LogP contribution in [0.1, 0.15) is 52.4 Å². The first-order valence-corrected chi connectivity index (χ1v) is 15.3. The summed E-state index contributed by atoms with van der Waals surface area (Å²) in [6.45, 7) is 1.74. The second kappa shape index (κ2) is 29.5. The van der Waals surface area contributed by atoms with Crippen LogP contribution in [0.25, 0.3) is 0 Å². The molecule has 2 unspecified atom stereocenters. The summed E-state index contributed by atoms with van der Waals surface area (Å²) in [5.41, 5.74) is 0. The molecule has 2 atom stereocenters. The van der Waals surface area contributed by atoms with Gasteiger partial charge in [0.2, 0.25) is 11.8 Å². The first kappa shape index (κ1) is 48.8. The molecule has 264 valence electrons. The van der Waals surface area contributed by atoms with Gasteiger partial charge in [0.15, 0.2) is 13.1 Å². The van der Waals surface area contributed by atoms with Crippen LogP contribution in [-0.2, 0) is 28.8 Å². The van der Waals surface area contributed by atoms with E-state index in [0.29, 0.717) is 0 Å². The van der Waals surface area contributed by atoms with Gasteiger partial charge in [0.1, 0.15) is 26.2 Å². The fourth-order valence-electron chi connectivity index (χ4n) is 4.47. The van der Waals surface area contributed by atoms with Crippen LogP contribution in [0.15, 0.2) is 24.3 Å². The molecule has 0 aromatic heterocycles. The Morgan fingerprint density at radius 3 is 1.19 bits per heavy atom. The molecule has 0 fully saturated rings. The summed E-state index contributed by atoms with van der Waals surface area (Å²) >= 11 is 0. The third-order valence-electron chi connectivity index (χ3n) is 6.69. The summed E-state index contributed by atoms with van der Waals surface area (Å²) in [4.78, 5) is 66.9. The number of aliphatic hydroxyl groups excluding tert-OH is 2. The summed E-state index contributed by atoms with van der Waals surface area (Å²) < 4.78 is -0.750. The molecule has 0 radical (unpaired) electrons. The van der Waals surface area contributed by atoms with Gasteiger partial charge >= 0.3 is 49.7 Å². The van der Waals surface area contributed by atoms with E-state index in [1.165, 1.54) is 0 Å². The number of carbonyl (C=O) groups is 6. The number of quaternary nitrogens is 2. The largest absolute Gasteiger partial charge is 2.00 e. The number of hydrogen-bond donors (Lipinski definition) is 6. The van der Waals surface area contributed by atoms with Crippen molar-refractivity contribution in [2.45, 2.75) is 52.4 Å². The minimum Gasteiger partial charge on any atom is -0.544 e. The molecule has 0 aliphatic heterocycles. The van der Waals surface area contributed by atoms with E-state index in [2.05, 4.69) is 10.6 Å². The van der Waals surface area contributed by atoms with E-state index in [-0.39, 0.29) is 124 Å². The van der Waals surface area contributed by atoms with Gasteiger partial charge in [-0.2, -0.15) is 0 Å². The maximum absolute atomic E-state index is 11.6. The molecule has 47 heavy (non-hydrogen) atoms. The quantitative estimate of drug-likeness (QED) is 0.0294. The molecule has 0 spiro atoms. The van der Waals surface area contributed by atoms with Gasteiger partial charge in [-0.1, -0.05) is 51.0 Å². The second-order valence-electron chi connectivity index (χ2n) is 10.8. The normalized spacial score (nSPS) is 13.4. The zero-order valence-electron chi connectivity index (χ0n) is 27.7. The van der Waals surface area contributed by atoms with Crippen molar-refractivity contribution in [2.75, 3.05) is 78.7 Å². The molecule has 0 aromatic carbocycles. The number of amides is 2. The number of allylic oxidation sites excluding steroid dienone is 2. The Hall–Kier alpha value is -2.60. The summed E-state index contributed by atoms with van der Waals surface area (Å²) in [7, 11) is 0. The Morgan fingerprint density at radius 1 is 0.596 bits per heavy atom. The van der Waals surface area contributed by atoms with Crippen molar-refractivity contribution >= 4 is 73.4 Å². The van der Waals surface area contributed by atoms with E-state index in [0.717, 1.165) is 25.7 Å². The number of carbonyl (C=O) groups excluding carboxylic acids is 4. The zero-order valence-corrected chi connectivity index (χ0v) is 29.9. The number of nitrogens with zero attached hydrogens (tertiary/aromatic N) is 2. The number of hydrogen-bond acceptors (Lipinski definition) is 10. The number of rotatable bonds is 26. The smallest absolute Gasteiger partial charge is 0.544 e. The standard InChI is InChI=1S/2C15H26N2O6.Ca/c2*1-2-3-4-5-6-13(19)16-7-8-17(9-10-18,11-14(20)21)12-15(22)23;/h2*4-5,18H,2-3,6-12H2,1H3,(H2-,16,19,20,21,22,23);/q;;+2/b2*5-4+;. The number of carboxylic acid groups (broad SMARTS) is 4. The SMILES string of the molecule is CCC/C=C/CC(=O)NCC[N+](CCO)(CC(=O)[O-])CC(=O)O.CCC/C=C/CC(=O)NCC[N+](CCO)(CC(=O)[O-])CC(=O)O.[Ca+2]. The third-order valence-corrected chi connectivity index (χ3v) is 6.69. The molecule has 0 heterocycles. The molecule has 16 nitrogen and oxygen atoms in total. The van der Waals surface area contributed by atoms with Gasteiger partial charge < -0.3 is 59.8 Å². The van der Waals surface area contributed by atoms with Crippen LogP contribution in [0.4, 0.5) is 0 Å². The van der Waals surface area contributed by atoms with Crippen LogP contribution in [0.2, 0.25) is 0 Å². The van der Waals surface area contributed by atoms with Crippen LogP contribution in [0.3, 0.4) is 0 Å². The Balaban J connectivity index is -0.000000807. The van der Waals surface area contributed by atoms with Crippen molar-refractivity contribution in [3.05, 3.63) is 24.3 Å². The topological polar surface area (TPSA) is 254 Å². The molecule has 0 bridgehead atoms. The van der Waals surface area contributed by atoms with Gasteiger partial charge in [-0.3, -0.25) is 9.59 Å². The van der Waals surface area contributed by atoms with Crippen molar-refractivity contribution in [3.63, 3.8) is 0 Å². The van der Waals surface area contributed by atoms with E-state index >= 15 is 0 Å². The van der Waals surface area contributed by atoms with Gasteiger partial charge in [-0.05, 0) is 12.8 Å². The maximum Gasteiger partial charge on any atom is 2.00 e. The molecule has 0 saturated heterocycles. The van der Waals surface area contributed by atoms with E-state index < -0.39 is 50.1 Å². The number of unbranched alkanes of at least 4 members (excludes halogenated alkanes) is 2. The van der Waals surface area contributed by atoms with E-state index in [1.807, 2.05) is 26.0 Å². The predicted molar refractivity (Wildman–Crippen MR) is 168 cm³/mol. The van der Waals surface area contributed by atoms with Crippen molar-refractivity contribution in [1.82, 2.24) is 10.6 Å². The Bertz CT molecular complexity index is 897. The first-order valence-electron chi connectivity index (χ1n) is 15.3. The van der Waals surface area contributed by atoms with Crippen molar-refractivity contribution in [1.29, 1.82) is 0 Å². The average Bonchev–Trinajstić information content (AvgIpc) is 2.92. The molecule has 0 aliphatic rings. The van der Waals surface area contributed by atoms with E-state index in [1.54, 1.807) is 12.2 Å². The van der Waals surface area contributed by atoms with Crippen LogP contribution >= 0.6 is 0 Å². The molecule has 0 saturated carbocycles. The molecule has 0 rings (SSSR count). The predicted octanol–water partition coefficient (Wildman–Crippen LogP) is -3.40. The number of carboxylic acids is 4. The molecule has 2 amide bonds. The van der Waals surface area contributed by atoms with Gasteiger partial charge in [-0.25, -0.2) is 9.59 Å². The summed E-state index contributed by atoms with van der Waals surface area (Å²) in [6, 6.07) is 0. The minimum atomic E-state index is -1.39. The Kier molecular flexibility index (Phi) is 30.7. The van der Waals surface area contributed by atoms with E-state index in [4.69, 9.17) is 20.4 Å². The fourth-order valence-corrected chi connectivity index (χ4v) is 4.47. The molecule has 6 N–H and O–H groups in total. The fraction of sp³-hybridized carbons (Fsp3) is 0.667. The minimum absolute atomic E-state index is 0. The van der Waals surface area contributed by atoms with Crippen molar-refractivity contribution in [3.8, 4) is 0 Å². The van der Waals surface area contributed by atoms with Gasteiger partial charge in [-0.15, -0.1) is 0 Å². The first-order chi connectivity index (χ1) is 21.7. The van der Waals surface area contributed by atoms with Gasteiger partial charge in [0, 0.05) is 12.8 Å². The van der Waals surface area contributed by atoms with Crippen LogP contribution in [0.5, 0.6) is 0 Å². The maximum atomic E-state index is 11.6. The number of nitrogens with one attached hydrogen (secondary N) is 2. The third kappa shape index (κ3) is 28.2. The molecular weight excluding hydrogens is 648 g/mol. The van der Waals surface area contributed by atoms with Crippen molar-refractivity contribution < 1.29 is 68.4 Å². The Labute approximate surface area is 306 Å². The molecule has 17 heteroatoms. The van der Waals surface area contributed by atoms with Crippen LogP contribution in [-0.4, -0.2) is 181 Å². The van der Waals surface area contributed by atoms with Crippen LogP contribution < -0.4 is 20.8 Å².